The van der Waals surface area contributed by atoms with Crippen molar-refractivity contribution >= 4 is 10.9 Å². The zero-order valence-corrected chi connectivity index (χ0v) is 16.7. The molecule has 0 fully saturated rings. The minimum absolute atomic E-state index is 0.109. The van der Waals surface area contributed by atoms with Crippen LogP contribution in [0.25, 0.3) is 10.9 Å². The lowest BCUT2D eigenvalue weighted by Crippen LogP contribution is -2.55. The third-order valence-electron chi connectivity index (χ3n) is 5.93. The molecule has 0 saturated heterocycles. The van der Waals surface area contributed by atoms with E-state index in [1.54, 1.807) is 56.3 Å². The number of halogens is 3. The van der Waals surface area contributed by atoms with Crippen LogP contribution in [0.3, 0.4) is 0 Å². The number of hydrogen-bond donors (Lipinski definition) is 2. The van der Waals surface area contributed by atoms with E-state index in [9.17, 15) is 28.2 Å². The van der Waals surface area contributed by atoms with Gasteiger partial charge in [-0.3, -0.25) is 4.79 Å². The molecule has 3 aromatic rings. The Morgan fingerprint density at radius 1 is 1.00 bits per heavy atom. The number of pyridine rings is 1. The first kappa shape index (κ1) is 22.1. The van der Waals surface area contributed by atoms with Gasteiger partial charge >= 0.3 is 6.18 Å². The fourth-order valence-corrected chi connectivity index (χ4v) is 3.87. The number of aliphatic hydroxyl groups excluding tert-OH is 1. The van der Waals surface area contributed by atoms with Crippen molar-refractivity contribution in [1.29, 1.82) is 0 Å². The highest BCUT2D eigenvalue weighted by molar-refractivity contribution is 5.78. The second-order valence-corrected chi connectivity index (χ2v) is 7.86. The maximum Gasteiger partial charge on any atom is 0.421 e. The van der Waals surface area contributed by atoms with Gasteiger partial charge in [-0.15, -0.1) is 0 Å². The lowest BCUT2D eigenvalue weighted by Gasteiger charge is -2.42. The third kappa shape index (κ3) is 3.75. The summed E-state index contributed by atoms with van der Waals surface area (Å²) < 4.78 is 43.6. The molecule has 1 heterocycles. The van der Waals surface area contributed by atoms with E-state index >= 15 is 0 Å². The van der Waals surface area contributed by atoms with Gasteiger partial charge in [-0.2, -0.15) is 13.2 Å². The molecule has 1 aromatic heterocycles. The summed E-state index contributed by atoms with van der Waals surface area (Å²) in [6.45, 7) is 3.38. The van der Waals surface area contributed by atoms with Gasteiger partial charge in [-0.05, 0) is 36.0 Å². The molecule has 7 heteroatoms. The van der Waals surface area contributed by atoms with Crippen LogP contribution in [0.15, 0.2) is 71.7 Å². The number of aromatic nitrogens is 1. The summed E-state index contributed by atoms with van der Waals surface area (Å²) >= 11 is 0. The van der Waals surface area contributed by atoms with Gasteiger partial charge in [0.05, 0.1) is 5.52 Å². The van der Waals surface area contributed by atoms with Gasteiger partial charge in [0.1, 0.15) is 0 Å². The Morgan fingerprint density at radius 3 is 2.20 bits per heavy atom. The van der Waals surface area contributed by atoms with E-state index in [1.165, 1.54) is 12.1 Å². The molecule has 0 spiro atoms. The first-order valence-electron chi connectivity index (χ1n) is 9.66. The number of hydrogen-bond acceptors (Lipinski definition) is 3. The zero-order valence-electron chi connectivity index (χ0n) is 16.7. The van der Waals surface area contributed by atoms with Crippen LogP contribution in [0.1, 0.15) is 38.5 Å². The predicted octanol–water partition coefficient (Wildman–Crippen LogP) is 4.54. The molecule has 30 heavy (non-hydrogen) atoms. The standard InChI is InChI=1S/C23H24F3NO3/c1-3-21(2,16-9-5-4-6-10-16)15-22(30,23(24,25)26)20(29)27-14-13-19(28)17-11-7-8-12-18(17)27/h4-14,20,29-30H,3,15H2,1-2H3. The SMILES string of the molecule is CCC(C)(CC(O)(C(O)n1ccc(=O)c2ccccc21)C(F)(F)F)c1ccccc1. The topological polar surface area (TPSA) is 62.5 Å². The average Bonchev–Trinajstić information content (AvgIpc) is 2.73. The molecule has 3 rings (SSSR count). The van der Waals surface area contributed by atoms with E-state index in [4.69, 9.17) is 0 Å². The van der Waals surface area contributed by atoms with E-state index in [1.807, 2.05) is 0 Å². The molecule has 0 bridgehead atoms. The normalized spacial score (nSPS) is 17.3. The van der Waals surface area contributed by atoms with Crippen LogP contribution in [0.5, 0.6) is 0 Å². The number of nitrogens with zero attached hydrogens (tertiary/aromatic N) is 1. The van der Waals surface area contributed by atoms with E-state index < -0.39 is 29.8 Å². The highest BCUT2D eigenvalue weighted by Crippen LogP contribution is 2.47. The van der Waals surface area contributed by atoms with Crippen LogP contribution < -0.4 is 5.43 Å². The predicted molar refractivity (Wildman–Crippen MR) is 109 cm³/mol. The molecule has 4 nitrogen and oxygen atoms in total. The zero-order chi connectivity index (χ0) is 22.2. The molecule has 2 N–H and O–H groups in total. The van der Waals surface area contributed by atoms with Crippen LogP contribution in [0.4, 0.5) is 13.2 Å². The summed E-state index contributed by atoms with van der Waals surface area (Å²) in [5.74, 6) is 0. The first-order chi connectivity index (χ1) is 14.0. The summed E-state index contributed by atoms with van der Waals surface area (Å²) in [6, 6.07) is 15.7. The largest absolute Gasteiger partial charge is 0.421 e. The fraction of sp³-hybridized carbons (Fsp3) is 0.348. The lowest BCUT2D eigenvalue weighted by molar-refractivity contribution is -0.310. The quantitative estimate of drug-likeness (QED) is 0.617. The van der Waals surface area contributed by atoms with Crippen molar-refractivity contribution in [3.8, 4) is 0 Å². The minimum Gasteiger partial charge on any atom is -0.377 e. The summed E-state index contributed by atoms with van der Waals surface area (Å²) in [6.07, 6.45) is -6.84. The molecule has 0 amide bonds. The molecule has 0 saturated carbocycles. The Hall–Kier alpha value is -2.64. The second kappa shape index (κ2) is 7.89. The summed E-state index contributed by atoms with van der Waals surface area (Å²) in [7, 11) is 0. The van der Waals surface area contributed by atoms with Crippen molar-refractivity contribution in [2.45, 2.75) is 50.1 Å². The number of benzene rings is 2. The van der Waals surface area contributed by atoms with Crippen LogP contribution in [-0.4, -0.2) is 26.6 Å². The highest BCUT2D eigenvalue weighted by atomic mass is 19.4. The molecule has 0 aliphatic heterocycles. The van der Waals surface area contributed by atoms with Crippen molar-refractivity contribution in [2.24, 2.45) is 0 Å². The van der Waals surface area contributed by atoms with Crippen LogP contribution in [-0.2, 0) is 5.41 Å². The van der Waals surface area contributed by atoms with Crippen molar-refractivity contribution in [3.63, 3.8) is 0 Å². The minimum atomic E-state index is -5.12. The van der Waals surface area contributed by atoms with Gasteiger partial charge in [0.25, 0.3) is 0 Å². The monoisotopic (exact) mass is 419 g/mol. The van der Waals surface area contributed by atoms with E-state index in [0.717, 1.165) is 16.8 Å². The molecule has 0 aliphatic rings. The number of fused-ring (bicyclic) bond motifs is 1. The summed E-state index contributed by atoms with van der Waals surface area (Å²) in [5.41, 5.74) is -4.15. The Bertz CT molecular complexity index is 1080. The lowest BCUT2D eigenvalue weighted by atomic mass is 9.71. The molecule has 0 radical (unpaired) electrons. The van der Waals surface area contributed by atoms with Crippen molar-refractivity contribution in [1.82, 2.24) is 4.57 Å². The molecule has 3 unspecified atom stereocenters. The number of para-hydroxylation sites is 1. The second-order valence-electron chi connectivity index (χ2n) is 7.86. The summed E-state index contributed by atoms with van der Waals surface area (Å²) in [4.78, 5) is 12.1. The summed E-state index contributed by atoms with van der Waals surface area (Å²) in [5, 5.41) is 22.0. The molecule has 3 atom stereocenters. The molecular formula is C23H24F3NO3. The van der Waals surface area contributed by atoms with Gasteiger partial charge in [0.2, 0.25) is 5.60 Å². The van der Waals surface area contributed by atoms with Gasteiger partial charge in [-0.1, -0.05) is 56.3 Å². The first-order valence-corrected chi connectivity index (χ1v) is 9.66. The van der Waals surface area contributed by atoms with Gasteiger partial charge < -0.3 is 14.8 Å². The maximum absolute atomic E-state index is 14.2. The Kier molecular flexibility index (Phi) is 5.80. The van der Waals surface area contributed by atoms with Crippen LogP contribution >= 0.6 is 0 Å². The number of rotatable bonds is 6. The molecular weight excluding hydrogens is 395 g/mol. The van der Waals surface area contributed by atoms with Crippen LogP contribution in [0, 0.1) is 0 Å². The maximum atomic E-state index is 14.2. The Labute approximate surface area is 172 Å². The smallest absolute Gasteiger partial charge is 0.377 e. The molecule has 0 aliphatic carbocycles. The highest BCUT2D eigenvalue weighted by Gasteiger charge is 2.61. The van der Waals surface area contributed by atoms with E-state index in [0.29, 0.717) is 12.0 Å². The Morgan fingerprint density at radius 2 is 1.60 bits per heavy atom. The average molecular weight is 419 g/mol. The van der Waals surface area contributed by atoms with E-state index in [-0.39, 0.29) is 16.3 Å². The molecule has 2 aromatic carbocycles. The van der Waals surface area contributed by atoms with Crippen molar-refractivity contribution < 1.29 is 23.4 Å². The number of aliphatic hydroxyl groups is 2. The Balaban J connectivity index is 2.15. The van der Waals surface area contributed by atoms with Gasteiger partial charge in [-0.25, -0.2) is 0 Å². The fourth-order valence-electron chi connectivity index (χ4n) is 3.87. The van der Waals surface area contributed by atoms with Gasteiger partial charge in [0.15, 0.2) is 11.7 Å². The third-order valence-corrected chi connectivity index (χ3v) is 5.93. The van der Waals surface area contributed by atoms with Crippen molar-refractivity contribution in [3.05, 3.63) is 82.6 Å². The van der Waals surface area contributed by atoms with E-state index in [2.05, 4.69) is 0 Å². The molecule has 160 valence electrons. The van der Waals surface area contributed by atoms with Gasteiger partial charge in [0, 0.05) is 17.6 Å². The van der Waals surface area contributed by atoms with Crippen molar-refractivity contribution in [2.75, 3.05) is 0 Å². The van der Waals surface area contributed by atoms with Crippen LogP contribution in [0.2, 0.25) is 0 Å². The number of alkyl halides is 3.